The topological polar surface area (TPSA) is 65.8 Å². The number of aromatic nitrogens is 1. The summed E-state index contributed by atoms with van der Waals surface area (Å²) in [7, 11) is 1.89. The van der Waals surface area contributed by atoms with Crippen LogP contribution in [-0.4, -0.2) is 60.5 Å². The van der Waals surface area contributed by atoms with E-state index in [9.17, 15) is 8.42 Å². The Balaban J connectivity index is 2.16. The Labute approximate surface area is 120 Å². The molecule has 7 heteroatoms. The molecule has 0 saturated carbocycles. The highest BCUT2D eigenvalue weighted by Crippen LogP contribution is 2.21. The standard InChI is InChI=1S/C13H23N3O3S/c1-14-6-4-5-11(14)8-16(3)20(18,19)13-7-12(10-17)15(2)9-13/h7,9,11,17H,4-6,8,10H2,1-3H3. The third-order valence-corrected chi connectivity index (χ3v) is 5.88. The van der Waals surface area contributed by atoms with E-state index in [1.165, 1.54) is 10.4 Å². The van der Waals surface area contributed by atoms with Gasteiger partial charge in [0.15, 0.2) is 0 Å². The molecule has 0 bridgehead atoms. The second-order valence-electron chi connectivity index (χ2n) is 5.50. The summed E-state index contributed by atoms with van der Waals surface area (Å²) in [6.07, 6.45) is 3.71. The highest BCUT2D eigenvalue weighted by atomic mass is 32.2. The van der Waals surface area contributed by atoms with Gasteiger partial charge in [-0.1, -0.05) is 0 Å². The van der Waals surface area contributed by atoms with E-state index >= 15 is 0 Å². The zero-order valence-corrected chi connectivity index (χ0v) is 13.1. The van der Waals surface area contributed by atoms with Crippen LogP contribution in [0.5, 0.6) is 0 Å². The number of aliphatic hydroxyl groups is 1. The van der Waals surface area contributed by atoms with E-state index in [4.69, 9.17) is 5.11 Å². The van der Waals surface area contributed by atoms with Gasteiger partial charge in [0.05, 0.1) is 6.61 Å². The molecule has 20 heavy (non-hydrogen) atoms. The van der Waals surface area contributed by atoms with Crippen LogP contribution in [-0.2, 0) is 23.7 Å². The van der Waals surface area contributed by atoms with Crippen LogP contribution in [0.15, 0.2) is 17.2 Å². The predicted molar refractivity (Wildman–Crippen MR) is 76.8 cm³/mol. The molecule has 0 aliphatic carbocycles. The second-order valence-corrected chi connectivity index (χ2v) is 7.54. The predicted octanol–water partition coefficient (Wildman–Crippen LogP) is 0.232. The molecule has 1 unspecified atom stereocenters. The lowest BCUT2D eigenvalue weighted by molar-refractivity contribution is 0.271. The number of likely N-dealkylation sites (N-methyl/N-ethyl adjacent to an activating group) is 2. The van der Waals surface area contributed by atoms with Crippen molar-refractivity contribution in [1.82, 2.24) is 13.8 Å². The number of hydrogen-bond donors (Lipinski definition) is 1. The summed E-state index contributed by atoms with van der Waals surface area (Å²) >= 11 is 0. The number of hydrogen-bond acceptors (Lipinski definition) is 4. The average molecular weight is 301 g/mol. The Kier molecular flexibility index (Phi) is 4.53. The van der Waals surface area contributed by atoms with Crippen molar-refractivity contribution in [1.29, 1.82) is 0 Å². The van der Waals surface area contributed by atoms with E-state index in [1.807, 2.05) is 7.05 Å². The van der Waals surface area contributed by atoms with Crippen LogP contribution in [0.4, 0.5) is 0 Å². The fourth-order valence-electron chi connectivity index (χ4n) is 2.66. The number of nitrogens with zero attached hydrogens (tertiary/aromatic N) is 3. The van der Waals surface area contributed by atoms with Gasteiger partial charge < -0.3 is 14.6 Å². The molecule has 0 amide bonds. The molecule has 2 heterocycles. The van der Waals surface area contributed by atoms with Crippen molar-refractivity contribution in [3.8, 4) is 0 Å². The van der Waals surface area contributed by atoms with Crippen LogP contribution in [0.2, 0.25) is 0 Å². The van der Waals surface area contributed by atoms with Crippen LogP contribution in [0.25, 0.3) is 0 Å². The van der Waals surface area contributed by atoms with Crippen molar-refractivity contribution in [2.75, 3.05) is 27.2 Å². The minimum atomic E-state index is -3.49. The van der Waals surface area contributed by atoms with E-state index in [0.717, 1.165) is 19.4 Å². The number of sulfonamides is 1. The quantitative estimate of drug-likeness (QED) is 0.845. The normalized spacial score (nSPS) is 20.9. The third kappa shape index (κ3) is 2.90. The zero-order chi connectivity index (χ0) is 14.9. The highest BCUT2D eigenvalue weighted by Gasteiger charge is 2.29. The monoisotopic (exact) mass is 301 g/mol. The smallest absolute Gasteiger partial charge is 0.244 e. The van der Waals surface area contributed by atoms with E-state index in [1.54, 1.807) is 24.9 Å². The lowest BCUT2D eigenvalue weighted by Gasteiger charge is -2.25. The van der Waals surface area contributed by atoms with Gasteiger partial charge in [0.25, 0.3) is 0 Å². The van der Waals surface area contributed by atoms with Crippen molar-refractivity contribution >= 4 is 10.0 Å². The minimum Gasteiger partial charge on any atom is -0.390 e. The lowest BCUT2D eigenvalue weighted by atomic mass is 10.2. The Morgan fingerprint density at radius 2 is 2.15 bits per heavy atom. The van der Waals surface area contributed by atoms with Crippen molar-refractivity contribution in [2.24, 2.45) is 7.05 Å². The molecule has 1 aromatic rings. The maximum atomic E-state index is 12.5. The molecular weight excluding hydrogens is 278 g/mol. The number of rotatable bonds is 5. The van der Waals surface area contributed by atoms with E-state index in [0.29, 0.717) is 12.2 Å². The lowest BCUT2D eigenvalue weighted by Crippen LogP contribution is -2.39. The van der Waals surface area contributed by atoms with Crippen LogP contribution >= 0.6 is 0 Å². The number of aryl methyl sites for hydroxylation is 1. The molecule has 1 saturated heterocycles. The summed E-state index contributed by atoms with van der Waals surface area (Å²) in [5.74, 6) is 0. The van der Waals surface area contributed by atoms with E-state index in [-0.39, 0.29) is 17.5 Å². The van der Waals surface area contributed by atoms with Crippen molar-refractivity contribution in [2.45, 2.75) is 30.4 Å². The first-order valence-corrected chi connectivity index (χ1v) is 8.23. The van der Waals surface area contributed by atoms with Gasteiger partial charge in [0, 0.05) is 38.6 Å². The van der Waals surface area contributed by atoms with Crippen molar-refractivity contribution in [3.63, 3.8) is 0 Å². The third-order valence-electron chi connectivity index (χ3n) is 4.09. The first-order chi connectivity index (χ1) is 9.36. The average Bonchev–Trinajstić information content (AvgIpc) is 2.96. The summed E-state index contributed by atoms with van der Waals surface area (Å²) in [4.78, 5) is 2.45. The number of aliphatic hydroxyl groups excluding tert-OH is 1. The summed E-state index contributed by atoms with van der Waals surface area (Å²) in [6, 6.07) is 1.82. The fraction of sp³-hybridized carbons (Fsp3) is 0.692. The molecule has 1 fully saturated rings. The van der Waals surface area contributed by atoms with Crippen molar-refractivity contribution < 1.29 is 13.5 Å². The van der Waals surface area contributed by atoms with Crippen LogP contribution < -0.4 is 0 Å². The Hall–Kier alpha value is -0.890. The van der Waals surface area contributed by atoms with E-state index in [2.05, 4.69) is 4.90 Å². The van der Waals surface area contributed by atoms with Gasteiger partial charge in [-0.15, -0.1) is 0 Å². The summed E-state index contributed by atoms with van der Waals surface area (Å²) in [6.45, 7) is 1.36. The van der Waals surface area contributed by atoms with Gasteiger partial charge >= 0.3 is 0 Å². The molecule has 1 atom stereocenters. The van der Waals surface area contributed by atoms with E-state index < -0.39 is 10.0 Å². The molecule has 2 rings (SSSR count). The molecule has 1 aliphatic rings. The van der Waals surface area contributed by atoms with Gasteiger partial charge in [0.2, 0.25) is 10.0 Å². The van der Waals surface area contributed by atoms with Crippen LogP contribution in [0, 0.1) is 0 Å². The molecule has 114 valence electrons. The van der Waals surface area contributed by atoms with Crippen LogP contribution in [0.1, 0.15) is 18.5 Å². The van der Waals surface area contributed by atoms with Gasteiger partial charge in [-0.2, -0.15) is 4.31 Å². The Bertz CT molecular complexity index is 567. The van der Waals surface area contributed by atoms with Gasteiger partial charge in [0.1, 0.15) is 4.90 Å². The Morgan fingerprint density at radius 3 is 2.65 bits per heavy atom. The maximum absolute atomic E-state index is 12.5. The highest BCUT2D eigenvalue weighted by molar-refractivity contribution is 7.89. The summed E-state index contributed by atoms with van der Waals surface area (Å²) in [5, 5.41) is 9.16. The fourth-order valence-corrected chi connectivity index (χ4v) is 3.96. The second kappa shape index (κ2) is 5.85. The van der Waals surface area contributed by atoms with Gasteiger partial charge in [-0.3, -0.25) is 0 Å². The van der Waals surface area contributed by atoms with Crippen molar-refractivity contribution in [3.05, 3.63) is 18.0 Å². The molecule has 1 aliphatic heterocycles. The maximum Gasteiger partial charge on any atom is 0.244 e. The summed E-state index contributed by atoms with van der Waals surface area (Å²) < 4.78 is 28.1. The first-order valence-electron chi connectivity index (χ1n) is 6.79. The molecule has 0 aromatic carbocycles. The number of likely N-dealkylation sites (tertiary alicyclic amines) is 1. The molecule has 0 radical (unpaired) electrons. The van der Waals surface area contributed by atoms with Gasteiger partial charge in [-0.05, 0) is 32.5 Å². The largest absolute Gasteiger partial charge is 0.390 e. The zero-order valence-electron chi connectivity index (χ0n) is 12.3. The molecule has 0 spiro atoms. The molecule has 6 nitrogen and oxygen atoms in total. The minimum absolute atomic E-state index is 0.166. The SMILES string of the molecule is CN1CCCC1CN(C)S(=O)(=O)c1cc(CO)n(C)c1. The molecule has 1 N–H and O–H groups in total. The van der Waals surface area contributed by atoms with Gasteiger partial charge in [-0.25, -0.2) is 8.42 Å². The molecular formula is C13H23N3O3S. The van der Waals surface area contributed by atoms with Crippen LogP contribution in [0.3, 0.4) is 0 Å². The first kappa shape index (κ1) is 15.5. The summed E-state index contributed by atoms with van der Waals surface area (Å²) in [5.41, 5.74) is 0.593. The Morgan fingerprint density at radius 1 is 1.45 bits per heavy atom. The molecule has 1 aromatic heterocycles.